The Kier molecular flexibility index (Phi) is 3.77. The molecule has 0 fully saturated rings. The largest absolute Gasteiger partial charge is 0.240 e. The van der Waals surface area contributed by atoms with Gasteiger partial charge >= 0.3 is 0 Å². The third-order valence-corrected chi connectivity index (χ3v) is 4.57. The van der Waals surface area contributed by atoms with Gasteiger partial charge in [-0.1, -0.05) is 12.1 Å². The van der Waals surface area contributed by atoms with Gasteiger partial charge < -0.3 is 0 Å². The molecule has 0 aliphatic carbocycles. The van der Waals surface area contributed by atoms with Gasteiger partial charge in [-0.05, 0) is 29.6 Å². The van der Waals surface area contributed by atoms with Crippen molar-refractivity contribution in [1.82, 2.24) is 4.72 Å². The average molecular weight is 278 g/mol. The van der Waals surface area contributed by atoms with E-state index in [0.29, 0.717) is 5.56 Å². The fourth-order valence-electron chi connectivity index (χ4n) is 1.40. The molecule has 0 aliphatic rings. The van der Waals surface area contributed by atoms with E-state index >= 15 is 0 Å². The first-order chi connectivity index (χ1) is 8.62. The molecule has 2 rings (SSSR count). The van der Waals surface area contributed by atoms with Crippen LogP contribution in [0.3, 0.4) is 0 Å². The van der Waals surface area contributed by atoms with Crippen molar-refractivity contribution in [1.29, 1.82) is 5.26 Å². The van der Waals surface area contributed by atoms with Crippen molar-refractivity contribution >= 4 is 21.4 Å². The highest BCUT2D eigenvalue weighted by Gasteiger charge is 2.14. The topological polar surface area (TPSA) is 70.0 Å². The molecule has 0 amide bonds. The number of rotatable bonds is 4. The average Bonchev–Trinajstić information content (AvgIpc) is 2.90. The van der Waals surface area contributed by atoms with Crippen LogP contribution in [0.1, 0.15) is 10.4 Å². The molecule has 92 valence electrons. The van der Waals surface area contributed by atoms with Crippen molar-refractivity contribution in [2.45, 2.75) is 11.4 Å². The Morgan fingerprint density at radius 1 is 1.28 bits per heavy atom. The number of nitrogens with one attached hydrogen (secondary N) is 1. The van der Waals surface area contributed by atoms with Crippen molar-refractivity contribution < 1.29 is 8.42 Å². The van der Waals surface area contributed by atoms with Gasteiger partial charge in [0.2, 0.25) is 10.0 Å². The number of nitriles is 1. The molecule has 0 unspecified atom stereocenters. The van der Waals surface area contributed by atoms with Crippen molar-refractivity contribution in [2.75, 3.05) is 0 Å². The summed E-state index contributed by atoms with van der Waals surface area (Å²) in [5, 5.41) is 10.6. The molecule has 1 heterocycles. The van der Waals surface area contributed by atoms with Crippen molar-refractivity contribution in [3.8, 4) is 6.07 Å². The first kappa shape index (κ1) is 12.8. The summed E-state index contributed by atoms with van der Waals surface area (Å²) in [6.45, 7) is 0.261. The number of benzene rings is 1. The third-order valence-electron chi connectivity index (χ3n) is 2.29. The molecule has 1 aromatic carbocycles. The highest BCUT2D eigenvalue weighted by Crippen LogP contribution is 2.13. The number of nitrogens with zero attached hydrogens (tertiary/aromatic N) is 1. The van der Waals surface area contributed by atoms with Crippen LogP contribution in [0.2, 0.25) is 0 Å². The van der Waals surface area contributed by atoms with E-state index in [0.717, 1.165) is 4.88 Å². The van der Waals surface area contributed by atoms with Crippen LogP contribution in [0.15, 0.2) is 46.7 Å². The molecule has 18 heavy (non-hydrogen) atoms. The zero-order valence-corrected chi connectivity index (χ0v) is 11.0. The highest BCUT2D eigenvalue weighted by molar-refractivity contribution is 7.89. The molecule has 1 aromatic heterocycles. The summed E-state index contributed by atoms with van der Waals surface area (Å²) in [5.74, 6) is 0. The number of hydrogen-bond acceptors (Lipinski definition) is 4. The molecule has 4 nitrogen and oxygen atoms in total. The minimum absolute atomic E-state index is 0.109. The summed E-state index contributed by atoms with van der Waals surface area (Å²) >= 11 is 1.49. The summed E-state index contributed by atoms with van der Waals surface area (Å²) in [6, 6.07) is 11.6. The first-order valence-corrected chi connectivity index (χ1v) is 7.50. The predicted molar refractivity (Wildman–Crippen MR) is 69.5 cm³/mol. The van der Waals surface area contributed by atoms with Gasteiger partial charge in [-0.2, -0.15) is 5.26 Å². The van der Waals surface area contributed by atoms with Crippen LogP contribution in [0.25, 0.3) is 0 Å². The van der Waals surface area contributed by atoms with Crippen LogP contribution in [0, 0.1) is 11.3 Å². The minimum atomic E-state index is -3.56. The maximum Gasteiger partial charge on any atom is 0.240 e. The monoisotopic (exact) mass is 278 g/mol. The second kappa shape index (κ2) is 5.31. The summed E-state index contributed by atoms with van der Waals surface area (Å²) in [7, 11) is -3.56. The van der Waals surface area contributed by atoms with E-state index in [1.807, 2.05) is 23.6 Å². The molecule has 0 saturated carbocycles. The Labute approximate surface area is 110 Å². The predicted octanol–water partition coefficient (Wildman–Crippen LogP) is 2.10. The summed E-state index contributed by atoms with van der Waals surface area (Å²) in [4.78, 5) is 1.05. The SMILES string of the molecule is N#Cc1cccc(S(=O)(=O)NCc2cccs2)c1. The van der Waals surface area contributed by atoms with E-state index in [-0.39, 0.29) is 11.4 Å². The Morgan fingerprint density at radius 3 is 2.78 bits per heavy atom. The Morgan fingerprint density at radius 2 is 2.11 bits per heavy atom. The molecule has 1 N–H and O–H groups in total. The summed E-state index contributed by atoms with van der Waals surface area (Å²) in [5.41, 5.74) is 0.328. The lowest BCUT2D eigenvalue weighted by molar-refractivity contribution is 0.582. The molecular formula is C12H10N2O2S2. The second-order valence-electron chi connectivity index (χ2n) is 3.54. The highest BCUT2D eigenvalue weighted by atomic mass is 32.2. The molecule has 0 aliphatic heterocycles. The molecule has 6 heteroatoms. The van der Waals surface area contributed by atoms with E-state index in [2.05, 4.69) is 4.72 Å². The number of sulfonamides is 1. The van der Waals surface area contributed by atoms with E-state index in [1.54, 1.807) is 12.1 Å². The Bertz CT molecular complexity index is 670. The van der Waals surface area contributed by atoms with Gasteiger partial charge in [0, 0.05) is 11.4 Å². The van der Waals surface area contributed by atoms with Crippen LogP contribution >= 0.6 is 11.3 Å². The van der Waals surface area contributed by atoms with Gasteiger partial charge in [0.25, 0.3) is 0 Å². The van der Waals surface area contributed by atoms with Gasteiger partial charge in [-0.25, -0.2) is 13.1 Å². The van der Waals surface area contributed by atoms with Crippen LogP contribution in [-0.4, -0.2) is 8.42 Å². The number of thiophene rings is 1. The van der Waals surface area contributed by atoms with Gasteiger partial charge in [0.1, 0.15) is 0 Å². The van der Waals surface area contributed by atoms with E-state index in [4.69, 9.17) is 5.26 Å². The second-order valence-corrected chi connectivity index (χ2v) is 6.34. The van der Waals surface area contributed by atoms with E-state index in [9.17, 15) is 8.42 Å². The molecule has 0 radical (unpaired) electrons. The van der Waals surface area contributed by atoms with E-state index in [1.165, 1.54) is 23.5 Å². The quantitative estimate of drug-likeness (QED) is 0.931. The van der Waals surface area contributed by atoms with Crippen LogP contribution in [0.5, 0.6) is 0 Å². The minimum Gasteiger partial charge on any atom is -0.207 e. The van der Waals surface area contributed by atoms with Gasteiger partial charge in [0.15, 0.2) is 0 Å². The molecule has 2 aromatic rings. The lowest BCUT2D eigenvalue weighted by Gasteiger charge is -2.05. The van der Waals surface area contributed by atoms with Gasteiger partial charge in [-0.15, -0.1) is 11.3 Å². The van der Waals surface area contributed by atoms with Gasteiger partial charge in [0.05, 0.1) is 16.5 Å². The lowest BCUT2D eigenvalue weighted by atomic mass is 10.2. The third kappa shape index (κ3) is 2.96. The zero-order chi connectivity index (χ0) is 13.0. The molecular weight excluding hydrogens is 268 g/mol. The maximum atomic E-state index is 12.0. The van der Waals surface area contributed by atoms with Crippen LogP contribution in [0.4, 0.5) is 0 Å². The zero-order valence-electron chi connectivity index (χ0n) is 9.33. The number of hydrogen-bond donors (Lipinski definition) is 1. The Hall–Kier alpha value is -1.68. The summed E-state index contributed by atoms with van der Waals surface area (Å²) in [6.07, 6.45) is 0. The Balaban J connectivity index is 2.18. The van der Waals surface area contributed by atoms with Crippen molar-refractivity contribution in [3.63, 3.8) is 0 Å². The van der Waals surface area contributed by atoms with Crippen LogP contribution in [-0.2, 0) is 16.6 Å². The standard InChI is InChI=1S/C12H10N2O2S2/c13-8-10-3-1-5-12(7-10)18(15,16)14-9-11-4-2-6-17-11/h1-7,14H,9H2. The van der Waals surface area contributed by atoms with Crippen molar-refractivity contribution in [3.05, 3.63) is 52.2 Å². The maximum absolute atomic E-state index is 12.0. The molecule has 0 spiro atoms. The fourth-order valence-corrected chi connectivity index (χ4v) is 3.18. The smallest absolute Gasteiger partial charge is 0.207 e. The summed E-state index contributed by atoms with van der Waals surface area (Å²) < 4.78 is 26.5. The lowest BCUT2D eigenvalue weighted by Crippen LogP contribution is -2.22. The fraction of sp³-hybridized carbons (Fsp3) is 0.0833. The molecule has 0 bridgehead atoms. The molecule has 0 atom stereocenters. The van der Waals surface area contributed by atoms with E-state index < -0.39 is 10.0 Å². The molecule has 0 saturated heterocycles. The van der Waals surface area contributed by atoms with Crippen LogP contribution < -0.4 is 4.72 Å². The normalized spacial score (nSPS) is 11.1. The van der Waals surface area contributed by atoms with Gasteiger partial charge in [-0.3, -0.25) is 0 Å². The van der Waals surface area contributed by atoms with Crippen molar-refractivity contribution in [2.24, 2.45) is 0 Å². The first-order valence-electron chi connectivity index (χ1n) is 5.14.